The molecule has 1 fully saturated rings. The van der Waals surface area contributed by atoms with Gasteiger partial charge in [0.25, 0.3) is 5.56 Å². The topological polar surface area (TPSA) is 98.2 Å². The molecular formula is C30H35N5O5. The molecule has 10 heteroatoms. The van der Waals surface area contributed by atoms with Gasteiger partial charge in [0.1, 0.15) is 6.61 Å². The van der Waals surface area contributed by atoms with E-state index in [1.54, 1.807) is 4.57 Å². The number of ether oxygens (including phenoxy) is 3. The van der Waals surface area contributed by atoms with Gasteiger partial charge < -0.3 is 33.9 Å². The maximum absolute atomic E-state index is 13.7. The maximum atomic E-state index is 13.7. The van der Waals surface area contributed by atoms with Crippen molar-refractivity contribution >= 4 is 16.9 Å². The summed E-state index contributed by atoms with van der Waals surface area (Å²) in [5, 5.41) is 4.67. The number of nitrogens with one attached hydrogen (secondary N) is 1. The van der Waals surface area contributed by atoms with Crippen LogP contribution in [0.25, 0.3) is 22.3 Å². The minimum Gasteiger partial charge on any atom is -0.460 e. The average Bonchev–Trinajstić information content (AvgIpc) is 3.57. The Hall–Kier alpha value is -3.47. The van der Waals surface area contributed by atoms with Crippen LogP contribution in [0.4, 0.5) is 0 Å². The van der Waals surface area contributed by atoms with Gasteiger partial charge in [0, 0.05) is 49.7 Å². The van der Waals surface area contributed by atoms with Gasteiger partial charge in [-0.15, -0.1) is 0 Å². The predicted octanol–water partition coefficient (Wildman–Crippen LogP) is 2.43. The van der Waals surface area contributed by atoms with E-state index in [1.165, 1.54) is 0 Å². The Labute approximate surface area is 232 Å². The Morgan fingerprint density at radius 2 is 1.82 bits per heavy atom. The Bertz CT molecular complexity index is 1560. The van der Waals surface area contributed by atoms with Crippen LogP contribution in [0.1, 0.15) is 47.9 Å². The highest BCUT2D eigenvalue weighted by Crippen LogP contribution is 2.42. The van der Waals surface area contributed by atoms with Gasteiger partial charge in [-0.3, -0.25) is 9.59 Å². The molecule has 1 atom stereocenters. The molecule has 0 bridgehead atoms. The lowest BCUT2D eigenvalue weighted by molar-refractivity contribution is -0.148. The summed E-state index contributed by atoms with van der Waals surface area (Å²) >= 11 is 0. The van der Waals surface area contributed by atoms with Gasteiger partial charge in [-0.05, 0) is 56.2 Å². The molecule has 4 aliphatic heterocycles. The molecule has 0 amide bonds. The van der Waals surface area contributed by atoms with Crippen LogP contribution in [-0.2, 0) is 29.2 Å². The van der Waals surface area contributed by atoms with Crippen LogP contribution in [0.3, 0.4) is 0 Å². The monoisotopic (exact) mass is 545 g/mol. The average molecular weight is 546 g/mol. The number of benzene rings is 1. The van der Waals surface area contributed by atoms with Crippen LogP contribution in [-0.4, -0.2) is 78.4 Å². The summed E-state index contributed by atoms with van der Waals surface area (Å²) in [5.74, 6) is 0.705. The quantitative estimate of drug-likeness (QED) is 0.277. The van der Waals surface area contributed by atoms with Crippen molar-refractivity contribution in [2.24, 2.45) is 0 Å². The number of likely N-dealkylation sites (N-methyl/N-ethyl adjacent to an activating group) is 1. The molecule has 0 saturated carbocycles. The summed E-state index contributed by atoms with van der Waals surface area (Å²) < 4.78 is 18.5. The lowest BCUT2D eigenvalue weighted by Gasteiger charge is -2.32. The predicted molar refractivity (Wildman–Crippen MR) is 150 cm³/mol. The smallest absolute Gasteiger partial charge is 0.313 e. The van der Waals surface area contributed by atoms with Crippen LogP contribution in [0.5, 0.6) is 11.5 Å². The number of rotatable bonds is 7. The van der Waals surface area contributed by atoms with Crippen molar-refractivity contribution < 1.29 is 19.0 Å². The number of aromatic nitrogens is 2. The van der Waals surface area contributed by atoms with Crippen molar-refractivity contribution in [1.82, 2.24) is 24.7 Å². The number of piperazine rings is 1. The van der Waals surface area contributed by atoms with Crippen molar-refractivity contribution in [1.29, 1.82) is 0 Å². The molecule has 2 aromatic heterocycles. The summed E-state index contributed by atoms with van der Waals surface area (Å²) in [7, 11) is 2.18. The SMILES string of the molecule is CCC1C(=O)OCc2c1cc1n(c2=O)Cc2c-1nc1cc3c(cc1c2CNCCCN1CCN(C)CC1)OCO3. The van der Waals surface area contributed by atoms with Gasteiger partial charge >= 0.3 is 5.97 Å². The summed E-state index contributed by atoms with van der Waals surface area (Å²) in [6, 6.07) is 5.94. The molecule has 1 saturated heterocycles. The van der Waals surface area contributed by atoms with Crippen LogP contribution >= 0.6 is 0 Å². The number of carbonyl (C=O) groups excluding carboxylic acids is 1. The third-order valence-corrected chi connectivity index (χ3v) is 8.84. The zero-order valence-electron chi connectivity index (χ0n) is 23.1. The van der Waals surface area contributed by atoms with Gasteiger partial charge in [0.15, 0.2) is 11.5 Å². The van der Waals surface area contributed by atoms with Gasteiger partial charge in [-0.2, -0.15) is 0 Å². The Morgan fingerprint density at radius 1 is 1.02 bits per heavy atom. The van der Waals surface area contributed by atoms with Crippen molar-refractivity contribution in [3.8, 4) is 22.9 Å². The number of nitrogens with zero attached hydrogens (tertiary/aromatic N) is 4. The molecule has 0 spiro atoms. The number of esters is 1. The highest BCUT2D eigenvalue weighted by atomic mass is 16.7. The van der Waals surface area contributed by atoms with Crippen molar-refractivity contribution in [2.75, 3.05) is 53.1 Å². The Morgan fingerprint density at radius 3 is 2.62 bits per heavy atom. The molecule has 1 aromatic carbocycles. The van der Waals surface area contributed by atoms with Crippen LogP contribution in [0, 0.1) is 0 Å². The van der Waals surface area contributed by atoms with E-state index < -0.39 is 5.92 Å². The molecule has 6 heterocycles. The van der Waals surface area contributed by atoms with E-state index in [0.717, 1.165) is 90.4 Å². The number of cyclic esters (lactones) is 1. The fourth-order valence-corrected chi connectivity index (χ4v) is 6.49. The normalized spacial score (nSPS) is 19.9. The number of carbonyl (C=O) groups is 1. The van der Waals surface area contributed by atoms with Gasteiger partial charge in [0.05, 0.1) is 34.9 Å². The third kappa shape index (κ3) is 4.25. The molecule has 0 aliphatic carbocycles. The molecule has 10 nitrogen and oxygen atoms in total. The lowest BCUT2D eigenvalue weighted by atomic mass is 9.90. The molecule has 40 heavy (non-hydrogen) atoms. The van der Waals surface area contributed by atoms with Gasteiger partial charge in [-0.1, -0.05) is 6.92 Å². The first kappa shape index (κ1) is 25.5. The zero-order valence-corrected chi connectivity index (χ0v) is 23.1. The Balaban J connectivity index is 1.22. The van der Waals surface area contributed by atoms with E-state index in [2.05, 4.69) is 22.2 Å². The number of hydrogen-bond donors (Lipinski definition) is 1. The highest BCUT2D eigenvalue weighted by molar-refractivity contribution is 5.91. The van der Waals surface area contributed by atoms with E-state index in [4.69, 9.17) is 19.2 Å². The molecule has 3 aromatic rings. The van der Waals surface area contributed by atoms with Crippen LogP contribution in [0.15, 0.2) is 23.0 Å². The van der Waals surface area contributed by atoms with Crippen molar-refractivity contribution in [2.45, 2.75) is 45.4 Å². The molecule has 1 N–H and O–H groups in total. The number of pyridine rings is 2. The molecule has 0 radical (unpaired) electrons. The largest absolute Gasteiger partial charge is 0.460 e. The van der Waals surface area contributed by atoms with E-state index in [9.17, 15) is 9.59 Å². The zero-order chi connectivity index (χ0) is 27.4. The highest BCUT2D eigenvalue weighted by Gasteiger charge is 2.35. The third-order valence-electron chi connectivity index (χ3n) is 8.84. The first-order valence-electron chi connectivity index (χ1n) is 14.3. The van der Waals surface area contributed by atoms with Crippen LogP contribution < -0.4 is 20.3 Å². The standard InChI is InChI=1S/C30H35N5O5/c1-3-18-19-11-25-28-22(15-35(25)29(36)23(19)16-38-30(18)37)21(14-31-5-4-6-34-9-7-33(2)8-10-34)20-12-26-27(40-17-39-26)13-24(20)32-28/h11-13,18,31H,3-10,14-17H2,1-2H3. The molecular weight excluding hydrogens is 510 g/mol. The molecule has 4 aliphatic rings. The second-order valence-corrected chi connectivity index (χ2v) is 11.2. The molecule has 7 rings (SSSR count). The van der Waals surface area contributed by atoms with E-state index >= 15 is 0 Å². The first-order chi connectivity index (χ1) is 19.5. The first-order valence-corrected chi connectivity index (χ1v) is 14.3. The number of hydrogen-bond acceptors (Lipinski definition) is 9. The van der Waals surface area contributed by atoms with E-state index in [1.807, 2.05) is 25.1 Å². The van der Waals surface area contributed by atoms with Crippen molar-refractivity contribution in [3.05, 3.63) is 50.8 Å². The summed E-state index contributed by atoms with van der Waals surface area (Å²) in [5.41, 5.74) is 5.80. The van der Waals surface area contributed by atoms with Crippen LogP contribution in [0.2, 0.25) is 0 Å². The minimum absolute atomic E-state index is 0.0264. The number of fused-ring (bicyclic) bond motifs is 6. The second-order valence-electron chi connectivity index (χ2n) is 11.2. The van der Waals surface area contributed by atoms with E-state index in [0.29, 0.717) is 30.8 Å². The van der Waals surface area contributed by atoms with Gasteiger partial charge in [-0.25, -0.2) is 4.98 Å². The fraction of sp³-hybridized carbons (Fsp3) is 0.500. The molecule has 1 unspecified atom stereocenters. The summed E-state index contributed by atoms with van der Waals surface area (Å²) in [4.78, 5) is 36.1. The summed E-state index contributed by atoms with van der Waals surface area (Å²) in [6.07, 6.45) is 1.65. The van der Waals surface area contributed by atoms with Gasteiger partial charge in [0.2, 0.25) is 6.79 Å². The maximum Gasteiger partial charge on any atom is 0.313 e. The Kier molecular flexibility index (Phi) is 6.48. The van der Waals surface area contributed by atoms with Crippen molar-refractivity contribution in [3.63, 3.8) is 0 Å². The second kappa shape index (κ2) is 10.2. The lowest BCUT2D eigenvalue weighted by Crippen LogP contribution is -2.45. The summed E-state index contributed by atoms with van der Waals surface area (Å²) in [6.45, 7) is 9.75. The fourth-order valence-electron chi connectivity index (χ4n) is 6.49. The minimum atomic E-state index is -0.429. The molecule has 210 valence electrons. The van der Waals surface area contributed by atoms with E-state index in [-0.39, 0.29) is 24.9 Å².